The zero-order valence-electron chi connectivity index (χ0n) is 11.7. The number of nitrogens with two attached hydrogens (primary N) is 1. The number of aromatic nitrogens is 2. The minimum absolute atomic E-state index is 0.164. The molecule has 112 valence electrons. The van der Waals surface area contributed by atoms with Gasteiger partial charge in [-0.2, -0.15) is 5.10 Å². The van der Waals surface area contributed by atoms with Gasteiger partial charge >= 0.3 is 0 Å². The van der Waals surface area contributed by atoms with Crippen LogP contribution in [0, 0.1) is 5.92 Å². The maximum absolute atomic E-state index is 11.9. The Labute approximate surface area is 136 Å². The average molecular weight is 372 g/mol. The Balaban J connectivity index is 2.19. The Kier molecular flexibility index (Phi) is 5.03. The monoisotopic (exact) mass is 370 g/mol. The largest absolute Gasteiger partial charge is 0.327 e. The van der Waals surface area contributed by atoms with Crippen LogP contribution in [-0.2, 0) is 4.79 Å². The van der Waals surface area contributed by atoms with E-state index in [1.165, 1.54) is 0 Å². The minimum atomic E-state index is -0.292. The molecular formula is C14H16BrClN4O. The molecule has 0 fully saturated rings. The molecule has 2 atom stereocenters. The lowest BCUT2D eigenvalue weighted by molar-refractivity contribution is -0.119. The summed E-state index contributed by atoms with van der Waals surface area (Å²) in [7, 11) is 0. The minimum Gasteiger partial charge on any atom is -0.327 e. The Hall–Kier alpha value is -1.37. The summed E-state index contributed by atoms with van der Waals surface area (Å²) in [6.07, 6.45) is 0. The number of benzene rings is 1. The first kappa shape index (κ1) is 16.0. The van der Waals surface area contributed by atoms with Gasteiger partial charge in [-0.3, -0.25) is 9.89 Å². The third-order valence-electron chi connectivity index (χ3n) is 3.25. The summed E-state index contributed by atoms with van der Waals surface area (Å²) < 4.78 is 0.910. The summed E-state index contributed by atoms with van der Waals surface area (Å²) in [5, 5.41) is 10.3. The fourth-order valence-corrected chi connectivity index (χ4v) is 2.29. The molecule has 0 saturated carbocycles. The molecule has 2 aromatic rings. The van der Waals surface area contributed by atoms with Crippen molar-refractivity contribution in [3.05, 3.63) is 33.8 Å². The van der Waals surface area contributed by atoms with E-state index in [9.17, 15) is 4.79 Å². The van der Waals surface area contributed by atoms with E-state index in [-0.39, 0.29) is 17.9 Å². The lowest BCUT2D eigenvalue weighted by Crippen LogP contribution is -2.34. The summed E-state index contributed by atoms with van der Waals surface area (Å²) in [6, 6.07) is 7.04. The van der Waals surface area contributed by atoms with Crippen molar-refractivity contribution in [2.45, 2.75) is 19.9 Å². The molecule has 0 aliphatic rings. The van der Waals surface area contributed by atoms with Crippen molar-refractivity contribution in [1.82, 2.24) is 10.2 Å². The number of nitrogens with one attached hydrogen (secondary N) is 2. The molecule has 5 nitrogen and oxygen atoms in total. The van der Waals surface area contributed by atoms with Crippen LogP contribution in [0.2, 0.25) is 5.02 Å². The van der Waals surface area contributed by atoms with Gasteiger partial charge in [-0.25, -0.2) is 0 Å². The van der Waals surface area contributed by atoms with E-state index < -0.39 is 0 Å². The summed E-state index contributed by atoms with van der Waals surface area (Å²) in [6.45, 7) is 3.57. The smallest absolute Gasteiger partial charge is 0.229 e. The van der Waals surface area contributed by atoms with E-state index in [1.807, 2.05) is 12.1 Å². The number of rotatable bonds is 4. The highest BCUT2D eigenvalue weighted by atomic mass is 79.9. The molecule has 0 spiro atoms. The van der Waals surface area contributed by atoms with Gasteiger partial charge in [0.05, 0.1) is 16.6 Å². The molecule has 4 N–H and O–H groups in total. The highest BCUT2D eigenvalue weighted by Gasteiger charge is 2.18. The van der Waals surface area contributed by atoms with E-state index >= 15 is 0 Å². The summed E-state index contributed by atoms with van der Waals surface area (Å²) >= 11 is 9.56. The van der Waals surface area contributed by atoms with Crippen LogP contribution >= 0.6 is 27.5 Å². The van der Waals surface area contributed by atoms with Crippen LogP contribution in [0.3, 0.4) is 0 Å². The Morgan fingerprint density at radius 2 is 2.14 bits per heavy atom. The molecule has 7 heteroatoms. The second-order valence-corrected chi connectivity index (χ2v) is 6.25. The molecule has 2 unspecified atom stereocenters. The molecule has 0 radical (unpaired) electrons. The highest BCUT2D eigenvalue weighted by Crippen LogP contribution is 2.30. The number of carbonyl (C=O) groups excluding carboxylic acids is 1. The first-order valence-electron chi connectivity index (χ1n) is 6.45. The number of carbonyl (C=O) groups is 1. The van der Waals surface area contributed by atoms with Crippen molar-refractivity contribution in [2.75, 3.05) is 5.32 Å². The van der Waals surface area contributed by atoms with Crippen molar-refractivity contribution in [3.8, 4) is 11.3 Å². The SMILES string of the molecule is CC(N)C(C)C(=O)Nc1cc(-c2cc(Br)ccc2Cl)[nH]n1. The molecule has 1 aromatic heterocycles. The normalized spacial score (nSPS) is 13.8. The number of H-pyrrole nitrogens is 1. The molecule has 2 rings (SSSR count). The van der Waals surface area contributed by atoms with Crippen LogP contribution in [0.5, 0.6) is 0 Å². The Morgan fingerprint density at radius 3 is 2.81 bits per heavy atom. The van der Waals surface area contributed by atoms with Crippen LogP contribution in [0.1, 0.15) is 13.8 Å². The molecule has 0 aliphatic carbocycles. The zero-order valence-corrected chi connectivity index (χ0v) is 14.0. The Bertz CT molecular complexity index is 656. The van der Waals surface area contributed by atoms with Gasteiger partial charge in [0.25, 0.3) is 0 Å². The van der Waals surface area contributed by atoms with E-state index in [0.717, 1.165) is 15.7 Å². The summed E-state index contributed by atoms with van der Waals surface area (Å²) in [5.74, 6) is -0.0125. The number of aromatic amines is 1. The predicted molar refractivity (Wildman–Crippen MR) is 88.2 cm³/mol. The molecule has 1 amide bonds. The maximum atomic E-state index is 11.9. The van der Waals surface area contributed by atoms with Crippen LogP contribution < -0.4 is 11.1 Å². The molecule has 1 heterocycles. The van der Waals surface area contributed by atoms with Gasteiger partial charge < -0.3 is 11.1 Å². The molecule has 0 bridgehead atoms. The topological polar surface area (TPSA) is 83.8 Å². The molecule has 21 heavy (non-hydrogen) atoms. The number of hydrogen-bond acceptors (Lipinski definition) is 3. The van der Waals surface area contributed by atoms with Gasteiger partial charge in [-0.1, -0.05) is 34.5 Å². The van der Waals surface area contributed by atoms with Crippen LogP contribution in [0.15, 0.2) is 28.7 Å². The molecule has 0 saturated heterocycles. The van der Waals surface area contributed by atoms with Gasteiger partial charge in [-0.15, -0.1) is 0 Å². The van der Waals surface area contributed by atoms with Crippen molar-refractivity contribution >= 4 is 39.3 Å². The first-order chi connectivity index (χ1) is 9.88. The van der Waals surface area contributed by atoms with Crippen LogP contribution in [0.4, 0.5) is 5.82 Å². The van der Waals surface area contributed by atoms with Crippen LogP contribution in [0.25, 0.3) is 11.3 Å². The van der Waals surface area contributed by atoms with E-state index in [0.29, 0.717) is 10.8 Å². The fraction of sp³-hybridized carbons (Fsp3) is 0.286. The predicted octanol–water partition coefficient (Wildman–Crippen LogP) is 3.41. The number of hydrogen-bond donors (Lipinski definition) is 3. The van der Waals surface area contributed by atoms with E-state index in [1.54, 1.807) is 26.0 Å². The Morgan fingerprint density at radius 1 is 1.43 bits per heavy atom. The lowest BCUT2D eigenvalue weighted by atomic mass is 10.0. The standard InChI is InChI=1S/C14H16BrClN4O/c1-7(8(2)17)14(21)18-13-6-12(19-20-13)10-5-9(15)3-4-11(10)16/h3-8H,17H2,1-2H3,(H2,18,19,20,21). The van der Waals surface area contributed by atoms with E-state index in [4.69, 9.17) is 17.3 Å². The molecule has 1 aromatic carbocycles. The van der Waals surface area contributed by atoms with Crippen molar-refractivity contribution in [1.29, 1.82) is 0 Å². The number of nitrogens with zero attached hydrogens (tertiary/aromatic N) is 1. The maximum Gasteiger partial charge on any atom is 0.229 e. The summed E-state index contributed by atoms with van der Waals surface area (Å²) in [5.41, 5.74) is 7.24. The van der Waals surface area contributed by atoms with Gasteiger partial charge in [0, 0.05) is 22.1 Å². The fourth-order valence-electron chi connectivity index (χ4n) is 1.71. The summed E-state index contributed by atoms with van der Waals surface area (Å²) in [4.78, 5) is 11.9. The number of anilines is 1. The van der Waals surface area contributed by atoms with Gasteiger partial charge in [0.15, 0.2) is 5.82 Å². The quantitative estimate of drug-likeness (QED) is 0.770. The van der Waals surface area contributed by atoms with Crippen LogP contribution in [-0.4, -0.2) is 22.1 Å². The van der Waals surface area contributed by atoms with Crippen molar-refractivity contribution in [3.63, 3.8) is 0 Å². The lowest BCUT2D eigenvalue weighted by Gasteiger charge is -2.13. The second-order valence-electron chi connectivity index (χ2n) is 4.93. The third-order valence-corrected chi connectivity index (χ3v) is 4.07. The third kappa shape index (κ3) is 3.84. The van der Waals surface area contributed by atoms with Gasteiger partial charge in [-0.05, 0) is 25.1 Å². The van der Waals surface area contributed by atoms with Gasteiger partial charge in [0.1, 0.15) is 0 Å². The highest BCUT2D eigenvalue weighted by molar-refractivity contribution is 9.10. The second kappa shape index (κ2) is 6.60. The van der Waals surface area contributed by atoms with Crippen molar-refractivity contribution < 1.29 is 4.79 Å². The van der Waals surface area contributed by atoms with Gasteiger partial charge in [0.2, 0.25) is 5.91 Å². The van der Waals surface area contributed by atoms with E-state index in [2.05, 4.69) is 31.4 Å². The number of amides is 1. The zero-order chi connectivity index (χ0) is 15.6. The average Bonchev–Trinajstić information content (AvgIpc) is 2.88. The molecule has 0 aliphatic heterocycles. The first-order valence-corrected chi connectivity index (χ1v) is 7.63. The van der Waals surface area contributed by atoms with Crippen molar-refractivity contribution in [2.24, 2.45) is 11.7 Å². The number of halogens is 2. The molecular weight excluding hydrogens is 356 g/mol.